The zero-order chi connectivity index (χ0) is 18.6. The molecule has 0 radical (unpaired) electrons. The van der Waals surface area contributed by atoms with Gasteiger partial charge in [0, 0.05) is 25.9 Å². The van der Waals surface area contributed by atoms with Crippen molar-refractivity contribution < 1.29 is 22.3 Å². The van der Waals surface area contributed by atoms with Crippen LogP contribution in [0.5, 0.6) is 5.88 Å². The van der Waals surface area contributed by atoms with E-state index < -0.39 is 15.8 Å². The van der Waals surface area contributed by atoms with Crippen LogP contribution in [0.4, 0.5) is 4.39 Å². The van der Waals surface area contributed by atoms with Crippen molar-refractivity contribution in [1.82, 2.24) is 9.29 Å². The van der Waals surface area contributed by atoms with Gasteiger partial charge in [-0.05, 0) is 50.2 Å². The summed E-state index contributed by atoms with van der Waals surface area (Å²) < 4.78 is 51.3. The molecule has 0 N–H and O–H groups in total. The third-order valence-corrected chi connectivity index (χ3v) is 7.53. The molecule has 0 aliphatic carbocycles. The molecule has 2 saturated heterocycles. The first-order chi connectivity index (χ1) is 12.5. The molecule has 2 fully saturated rings. The van der Waals surface area contributed by atoms with Gasteiger partial charge in [-0.2, -0.15) is 0 Å². The lowest BCUT2D eigenvalue weighted by molar-refractivity contribution is -0.0589. The Morgan fingerprint density at radius 2 is 2.19 bits per heavy atom. The summed E-state index contributed by atoms with van der Waals surface area (Å²) in [4.78, 5) is 3.90. The Hall–Kier alpha value is -1.25. The van der Waals surface area contributed by atoms with E-state index in [2.05, 4.69) is 4.98 Å². The van der Waals surface area contributed by atoms with Crippen molar-refractivity contribution in [2.45, 2.75) is 44.6 Å². The third kappa shape index (κ3) is 4.18. The van der Waals surface area contributed by atoms with E-state index in [-0.39, 0.29) is 17.2 Å². The smallest absolute Gasteiger partial charge is 0.250 e. The molecule has 3 rings (SSSR count). The molecule has 2 aliphatic heterocycles. The summed E-state index contributed by atoms with van der Waals surface area (Å²) >= 11 is 0. The average Bonchev–Trinajstić information content (AvgIpc) is 2.99. The van der Waals surface area contributed by atoms with Crippen molar-refractivity contribution in [1.29, 1.82) is 0 Å². The van der Waals surface area contributed by atoms with Crippen LogP contribution in [0.1, 0.15) is 39.0 Å². The minimum atomic E-state index is -3.15. The Balaban J connectivity index is 1.54. The van der Waals surface area contributed by atoms with E-state index in [4.69, 9.17) is 9.47 Å². The van der Waals surface area contributed by atoms with Crippen molar-refractivity contribution >= 4 is 10.0 Å². The van der Waals surface area contributed by atoms with Gasteiger partial charge in [-0.3, -0.25) is 0 Å². The average molecular weight is 386 g/mol. The number of hydrogen-bond acceptors (Lipinski definition) is 5. The second-order valence-corrected chi connectivity index (χ2v) is 9.13. The number of ether oxygens (including phenoxy) is 2. The molecule has 0 saturated carbocycles. The van der Waals surface area contributed by atoms with E-state index in [1.54, 1.807) is 4.31 Å². The van der Waals surface area contributed by atoms with Gasteiger partial charge in [-0.15, -0.1) is 0 Å². The summed E-state index contributed by atoms with van der Waals surface area (Å²) in [5, 5.41) is 0. The van der Waals surface area contributed by atoms with Gasteiger partial charge in [0.05, 0.1) is 18.0 Å². The van der Waals surface area contributed by atoms with Crippen LogP contribution in [0, 0.1) is 11.7 Å². The van der Waals surface area contributed by atoms with Gasteiger partial charge in [0.1, 0.15) is 0 Å². The maximum Gasteiger partial charge on any atom is 0.250 e. The van der Waals surface area contributed by atoms with E-state index >= 15 is 0 Å². The van der Waals surface area contributed by atoms with E-state index in [1.807, 2.05) is 6.92 Å². The van der Waals surface area contributed by atoms with Crippen molar-refractivity contribution in [3.63, 3.8) is 0 Å². The molecule has 1 atom stereocenters. The highest BCUT2D eigenvalue weighted by atomic mass is 32.2. The number of halogens is 1. The summed E-state index contributed by atoms with van der Waals surface area (Å²) in [5.74, 6) is 0.0684. The van der Waals surface area contributed by atoms with Gasteiger partial charge in [0.25, 0.3) is 0 Å². The Bertz CT molecular complexity index is 705. The number of pyridine rings is 1. The predicted octanol–water partition coefficient (Wildman–Crippen LogP) is 2.60. The summed E-state index contributed by atoms with van der Waals surface area (Å²) in [7, 11) is -3.15. The lowest BCUT2D eigenvalue weighted by Gasteiger charge is -2.41. The molecule has 1 aromatic heterocycles. The molecule has 2 aliphatic rings. The van der Waals surface area contributed by atoms with Gasteiger partial charge in [0.15, 0.2) is 5.82 Å². The zero-order valence-electron chi connectivity index (χ0n) is 15.2. The number of nitrogens with zero attached hydrogens (tertiary/aromatic N) is 2. The van der Waals surface area contributed by atoms with E-state index in [1.165, 1.54) is 18.3 Å². The molecule has 1 aromatic rings. The standard InChI is InChI=1S/C18H27FN2O4S/c1-2-14-26(22,23)21-10-7-18(8-11-21)15(6-13-25-18)5-12-24-17-16(19)4-3-9-20-17/h3-4,9,15H,2,5-8,10-14H2,1H3/t15-/m1/s1. The molecular formula is C18H27FN2O4S. The monoisotopic (exact) mass is 386 g/mol. The third-order valence-electron chi connectivity index (χ3n) is 5.45. The van der Waals surface area contributed by atoms with Gasteiger partial charge in [0.2, 0.25) is 15.9 Å². The minimum Gasteiger partial charge on any atom is -0.476 e. The van der Waals surface area contributed by atoms with Crippen LogP contribution in [-0.4, -0.2) is 55.4 Å². The van der Waals surface area contributed by atoms with Crippen molar-refractivity contribution in [2.24, 2.45) is 5.92 Å². The second-order valence-electron chi connectivity index (χ2n) is 7.04. The maximum atomic E-state index is 13.6. The quantitative estimate of drug-likeness (QED) is 0.720. The van der Waals surface area contributed by atoms with E-state index in [0.717, 1.165) is 12.8 Å². The van der Waals surface area contributed by atoms with Crippen molar-refractivity contribution in [3.8, 4) is 5.88 Å². The molecular weight excluding hydrogens is 359 g/mol. The van der Waals surface area contributed by atoms with E-state index in [9.17, 15) is 12.8 Å². The summed E-state index contributed by atoms with van der Waals surface area (Å²) in [6.07, 6.45) is 5.22. The number of aromatic nitrogens is 1. The fraction of sp³-hybridized carbons (Fsp3) is 0.722. The predicted molar refractivity (Wildman–Crippen MR) is 96.0 cm³/mol. The highest BCUT2D eigenvalue weighted by Crippen LogP contribution is 2.42. The maximum absolute atomic E-state index is 13.6. The highest BCUT2D eigenvalue weighted by molar-refractivity contribution is 7.89. The molecule has 8 heteroatoms. The summed E-state index contributed by atoms with van der Waals surface area (Å²) in [5.41, 5.74) is -0.274. The molecule has 1 spiro atoms. The minimum absolute atomic E-state index is 0.0287. The first-order valence-electron chi connectivity index (χ1n) is 9.32. The molecule has 0 amide bonds. The van der Waals surface area contributed by atoms with Crippen LogP contribution >= 0.6 is 0 Å². The molecule has 0 unspecified atom stereocenters. The van der Waals surface area contributed by atoms with Gasteiger partial charge in [-0.1, -0.05) is 6.92 Å². The first-order valence-corrected chi connectivity index (χ1v) is 10.9. The highest BCUT2D eigenvalue weighted by Gasteiger charge is 2.47. The topological polar surface area (TPSA) is 68.7 Å². The molecule has 26 heavy (non-hydrogen) atoms. The number of rotatable bonds is 7. The fourth-order valence-electron chi connectivity index (χ4n) is 4.05. The SMILES string of the molecule is CCCS(=O)(=O)N1CCC2(CC1)OCC[C@H]2CCOc1ncccc1F. The van der Waals surface area contributed by atoms with Crippen LogP contribution in [-0.2, 0) is 14.8 Å². The van der Waals surface area contributed by atoms with Crippen LogP contribution in [0.3, 0.4) is 0 Å². The normalized spacial score (nSPS) is 23.4. The van der Waals surface area contributed by atoms with Gasteiger partial charge < -0.3 is 9.47 Å². The molecule has 0 bridgehead atoms. The molecule has 0 aromatic carbocycles. The van der Waals surface area contributed by atoms with Gasteiger partial charge >= 0.3 is 0 Å². The molecule has 3 heterocycles. The Morgan fingerprint density at radius 3 is 2.88 bits per heavy atom. The molecule has 6 nitrogen and oxygen atoms in total. The summed E-state index contributed by atoms with van der Waals surface area (Å²) in [6.45, 7) is 3.96. The first kappa shape index (κ1) is 19.5. The Morgan fingerprint density at radius 1 is 1.42 bits per heavy atom. The number of hydrogen-bond donors (Lipinski definition) is 0. The lowest BCUT2D eigenvalue weighted by Crippen LogP contribution is -2.50. The fourth-order valence-corrected chi connectivity index (χ4v) is 5.56. The van der Waals surface area contributed by atoms with Crippen molar-refractivity contribution in [3.05, 3.63) is 24.1 Å². The van der Waals surface area contributed by atoms with Crippen LogP contribution in [0.2, 0.25) is 0 Å². The largest absolute Gasteiger partial charge is 0.476 e. The Kier molecular flexibility index (Phi) is 6.14. The lowest BCUT2D eigenvalue weighted by atomic mass is 9.78. The zero-order valence-corrected chi connectivity index (χ0v) is 16.0. The Labute approximate surface area is 154 Å². The second kappa shape index (κ2) is 8.19. The molecule has 146 valence electrons. The number of piperidine rings is 1. The number of sulfonamides is 1. The van der Waals surface area contributed by atoms with Crippen LogP contribution in [0.15, 0.2) is 18.3 Å². The summed E-state index contributed by atoms with van der Waals surface area (Å²) in [6, 6.07) is 2.86. The van der Waals surface area contributed by atoms with Crippen LogP contribution < -0.4 is 4.74 Å². The van der Waals surface area contributed by atoms with E-state index in [0.29, 0.717) is 51.5 Å². The van der Waals surface area contributed by atoms with Crippen molar-refractivity contribution in [2.75, 3.05) is 32.1 Å². The van der Waals surface area contributed by atoms with Gasteiger partial charge in [-0.25, -0.2) is 22.1 Å². The van der Waals surface area contributed by atoms with Crippen LogP contribution in [0.25, 0.3) is 0 Å².